The molecule has 77 heavy (non-hydrogen) atoms. The van der Waals surface area contributed by atoms with Crippen LogP contribution in [0.4, 0.5) is 0 Å². The van der Waals surface area contributed by atoms with Crippen molar-refractivity contribution >= 4 is 24.0 Å². The molecule has 9 heterocycles. The zero-order valence-corrected chi connectivity index (χ0v) is 47.7. The number of fused-ring (bicyclic) bond motifs is 8. The molecule has 0 N–H and O–H groups in total. The Bertz CT molecular complexity index is 2390. The van der Waals surface area contributed by atoms with Crippen LogP contribution < -0.4 is 67.3 Å². The minimum atomic E-state index is -1.70. The molecule has 398 valence electrons. The van der Waals surface area contributed by atoms with Crippen molar-refractivity contribution in [3.8, 4) is 67.5 Å². The summed E-state index contributed by atoms with van der Waals surface area (Å²) in [6, 6.07) is 46.1. The predicted octanol–water partition coefficient (Wildman–Crippen LogP) is 8.50. The Balaban J connectivity index is 0.000000152. The van der Waals surface area contributed by atoms with E-state index in [0.29, 0.717) is 0 Å². The van der Waals surface area contributed by atoms with Crippen molar-refractivity contribution in [1.82, 2.24) is 0 Å². The van der Waals surface area contributed by atoms with E-state index >= 15 is 0 Å². The van der Waals surface area contributed by atoms with Gasteiger partial charge in [0.05, 0.1) is 23.0 Å². The zero-order chi connectivity index (χ0) is 52.1. The van der Waals surface area contributed by atoms with Crippen molar-refractivity contribution in [3.63, 3.8) is 0 Å². The van der Waals surface area contributed by atoms with Crippen LogP contribution in [0.2, 0.25) is 10.6 Å². The minimum absolute atomic E-state index is 0. The standard InChI is InChI=1S/2C22H20BO2.5C4H8O.2Li/c2*1-22(2,3)23-21-17(15-9-4-6-13-19(15)24-23)11-8-12-18(21)16-10-5-7-14-20(16)25-23;5*1-2-4-5-3-1;;/h2*4-14H,1-3H3;5*1-4H2;;/q2*-1;;;;;;2*+1. The molecule has 6 aromatic rings. The zero-order valence-electron chi connectivity index (χ0n) is 47.7. The van der Waals surface area contributed by atoms with E-state index in [0.717, 1.165) is 111 Å². The molecule has 9 aliphatic heterocycles. The first-order valence-electron chi connectivity index (χ1n) is 28.1. The summed E-state index contributed by atoms with van der Waals surface area (Å²) in [5.74, 6) is 3.62. The molecule has 0 radical (unpaired) electrons. The fourth-order valence-corrected chi connectivity index (χ4v) is 11.2. The van der Waals surface area contributed by atoms with Gasteiger partial charge in [0.15, 0.2) is 0 Å². The third-order valence-corrected chi connectivity index (χ3v) is 15.3. The molecule has 0 aromatic heterocycles. The second kappa shape index (κ2) is 28.2. The smallest absolute Gasteiger partial charge is 0.679 e. The van der Waals surface area contributed by atoms with Gasteiger partial charge in [-0.15, -0.1) is 10.9 Å². The summed E-state index contributed by atoms with van der Waals surface area (Å²) in [7, 11) is 0. The van der Waals surface area contributed by atoms with Gasteiger partial charge < -0.3 is 42.3 Å². The van der Waals surface area contributed by atoms with Crippen LogP contribution in [0.5, 0.6) is 23.0 Å². The molecule has 15 rings (SSSR count). The van der Waals surface area contributed by atoms with Crippen LogP contribution in [0.3, 0.4) is 0 Å². The average molecular weight is 1030 g/mol. The van der Waals surface area contributed by atoms with Crippen LogP contribution in [0.25, 0.3) is 44.5 Å². The van der Waals surface area contributed by atoms with Gasteiger partial charge >= 0.3 is 50.8 Å². The van der Waals surface area contributed by atoms with Gasteiger partial charge in [0.25, 0.3) is 0 Å². The molecule has 0 unspecified atom stereocenters. The van der Waals surface area contributed by atoms with Gasteiger partial charge in [0.2, 0.25) is 0 Å². The topological polar surface area (TPSA) is 83.1 Å². The molecule has 0 spiro atoms. The van der Waals surface area contributed by atoms with E-state index in [4.69, 9.17) is 42.3 Å². The monoisotopic (exact) mass is 1030 g/mol. The van der Waals surface area contributed by atoms with Crippen molar-refractivity contribution in [2.24, 2.45) is 0 Å². The van der Waals surface area contributed by atoms with Crippen molar-refractivity contribution in [3.05, 3.63) is 133 Å². The van der Waals surface area contributed by atoms with Gasteiger partial charge in [-0.3, -0.25) is 0 Å². The maximum absolute atomic E-state index is 6.69. The molecule has 5 fully saturated rings. The van der Waals surface area contributed by atoms with Gasteiger partial charge in [-0.1, -0.05) is 161 Å². The Morgan fingerprint density at radius 2 is 0.442 bits per heavy atom. The Labute approximate surface area is 484 Å². The van der Waals surface area contributed by atoms with Crippen LogP contribution in [-0.2, 0) is 23.7 Å². The Morgan fingerprint density at radius 3 is 0.610 bits per heavy atom. The summed E-state index contributed by atoms with van der Waals surface area (Å²) in [6.07, 6.45) is 12.8. The molecule has 13 heteroatoms. The second-order valence-corrected chi connectivity index (χ2v) is 22.7. The molecule has 5 saturated heterocycles. The minimum Gasteiger partial charge on any atom is -0.679 e. The van der Waals surface area contributed by atoms with E-state index in [-0.39, 0.29) is 48.3 Å². The van der Waals surface area contributed by atoms with E-state index in [9.17, 15) is 0 Å². The van der Waals surface area contributed by atoms with E-state index in [1.807, 2.05) is 48.5 Å². The van der Waals surface area contributed by atoms with Gasteiger partial charge in [0, 0.05) is 88.3 Å². The summed E-state index contributed by atoms with van der Waals surface area (Å²) < 4.78 is 51.5. The van der Waals surface area contributed by atoms with Crippen molar-refractivity contribution < 1.29 is 80.0 Å². The number of para-hydroxylation sites is 4. The fourth-order valence-electron chi connectivity index (χ4n) is 11.2. The van der Waals surface area contributed by atoms with Crippen LogP contribution in [0, 0.1) is 0 Å². The first-order valence-corrected chi connectivity index (χ1v) is 28.1. The molecule has 0 amide bonds. The third kappa shape index (κ3) is 13.8. The second-order valence-electron chi connectivity index (χ2n) is 22.7. The van der Waals surface area contributed by atoms with Crippen molar-refractivity contribution in [1.29, 1.82) is 0 Å². The maximum atomic E-state index is 6.69. The molecular formula is C64H80B2Li2O9. The quantitative estimate of drug-likeness (QED) is 0.139. The molecule has 9 nitrogen and oxygen atoms in total. The Kier molecular flexibility index (Phi) is 22.1. The fraction of sp³-hybridized carbons (Fsp3) is 0.438. The Hall–Kier alpha value is -4.36. The van der Waals surface area contributed by atoms with Gasteiger partial charge in [-0.2, -0.15) is 0 Å². The summed E-state index contributed by atoms with van der Waals surface area (Å²) in [4.78, 5) is 0. The largest absolute Gasteiger partial charge is 1.00 e. The van der Waals surface area contributed by atoms with E-state index < -0.39 is 13.1 Å². The van der Waals surface area contributed by atoms with Gasteiger partial charge in [-0.05, 0) is 111 Å². The van der Waals surface area contributed by atoms with Gasteiger partial charge in [0.1, 0.15) is 0 Å². The van der Waals surface area contributed by atoms with Crippen LogP contribution >= 0.6 is 0 Å². The van der Waals surface area contributed by atoms with Crippen molar-refractivity contribution in [2.75, 3.05) is 66.1 Å². The van der Waals surface area contributed by atoms with Gasteiger partial charge in [-0.25, -0.2) is 0 Å². The average Bonchev–Trinajstić information content (AvgIpc) is 4.31. The first kappa shape index (κ1) is 60.3. The SMILES string of the molecule is C1CCOC1.C1CCOC1.C1CCOC1.C1CCOC1.C1CCOC1.CC(C)(C)[B-]12Oc3ccccc3-c3cccc(c31)-c1ccccc1O2.CC(C)(C)[B-]12Oc3ccccc3-c3cccc(c31)-c1ccccc1O2.[Li+].[Li+]. The molecule has 0 aliphatic carbocycles. The molecule has 0 saturated carbocycles. The molecule has 0 atom stereocenters. The molecule has 9 aliphatic rings. The van der Waals surface area contributed by atoms with Crippen LogP contribution in [0.15, 0.2) is 133 Å². The van der Waals surface area contributed by atoms with Crippen molar-refractivity contribution in [2.45, 2.75) is 116 Å². The molecule has 0 bridgehead atoms. The number of hydrogen-bond acceptors (Lipinski definition) is 9. The Morgan fingerprint density at radius 1 is 0.260 bits per heavy atom. The van der Waals surface area contributed by atoms with Crippen LogP contribution in [-0.4, -0.2) is 79.2 Å². The molecular weight excluding hydrogens is 948 g/mol. The maximum Gasteiger partial charge on any atom is 1.00 e. The number of hydrogen-bond donors (Lipinski definition) is 0. The third-order valence-electron chi connectivity index (χ3n) is 15.3. The molecule has 6 aromatic carbocycles. The first-order chi connectivity index (χ1) is 36.5. The van der Waals surface area contributed by atoms with Crippen LogP contribution in [0.1, 0.15) is 106 Å². The van der Waals surface area contributed by atoms with E-state index in [2.05, 4.69) is 126 Å². The predicted molar refractivity (Wildman–Crippen MR) is 308 cm³/mol. The normalized spacial score (nSPS) is 18.2. The number of rotatable bonds is 0. The number of ether oxygens (including phenoxy) is 5. The van der Waals surface area contributed by atoms with E-state index in [1.165, 1.54) is 97.4 Å². The summed E-state index contributed by atoms with van der Waals surface area (Å²) in [5.41, 5.74) is 11.9. The summed E-state index contributed by atoms with van der Waals surface area (Å²) >= 11 is 0. The summed E-state index contributed by atoms with van der Waals surface area (Å²) in [5, 5.41) is -0.377. The summed E-state index contributed by atoms with van der Waals surface area (Å²) in [6.45, 7) is 19.8. The number of benzene rings is 6. The van der Waals surface area contributed by atoms with E-state index in [1.54, 1.807) is 0 Å².